The molecule has 0 bridgehead atoms. The number of carbonyl (C=O) groups is 2. The van der Waals surface area contributed by atoms with E-state index in [1.54, 1.807) is 34.9 Å². The first kappa shape index (κ1) is 16.3. The summed E-state index contributed by atoms with van der Waals surface area (Å²) in [7, 11) is 0. The van der Waals surface area contributed by atoms with Gasteiger partial charge in [0.15, 0.2) is 11.5 Å². The van der Waals surface area contributed by atoms with Gasteiger partial charge in [-0.05, 0) is 24.6 Å². The second-order valence-corrected chi connectivity index (χ2v) is 5.93. The van der Waals surface area contributed by atoms with Crippen molar-refractivity contribution in [2.45, 2.75) is 20.3 Å². The van der Waals surface area contributed by atoms with Crippen LogP contribution in [0, 0.1) is 6.92 Å². The number of urea groups is 1. The van der Waals surface area contributed by atoms with Crippen LogP contribution in [0.3, 0.4) is 0 Å². The van der Waals surface area contributed by atoms with E-state index in [0.29, 0.717) is 55.3 Å². The molecule has 7 heteroatoms. The van der Waals surface area contributed by atoms with Crippen molar-refractivity contribution >= 4 is 23.0 Å². The number of aryl methyl sites for hydroxylation is 1. The number of benzene rings is 1. The van der Waals surface area contributed by atoms with Gasteiger partial charge in [-0.1, -0.05) is 6.92 Å². The lowest BCUT2D eigenvalue weighted by molar-refractivity contribution is 0.0665. The minimum atomic E-state index is -0.0524. The first-order chi connectivity index (χ1) is 11.6. The SMILES string of the molecule is CCCNC(=O)N1CCN(C(=O)c2ccc3oc(C)nc3c2)CC1. The first-order valence-electron chi connectivity index (χ1n) is 8.27. The Morgan fingerprint density at radius 1 is 1.21 bits per heavy atom. The summed E-state index contributed by atoms with van der Waals surface area (Å²) in [6.07, 6.45) is 0.911. The predicted molar refractivity (Wildman–Crippen MR) is 89.9 cm³/mol. The Balaban J connectivity index is 1.62. The maximum Gasteiger partial charge on any atom is 0.317 e. The quantitative estimate of drug-likeness (QED) is 0.934. The number of nitrogens with zero attached hydrogens (tertiary/aromatic N) is 3. The Morgan fingerprint density at radius 2 is 1.92 bits per heavy atom. The van der Waals surface area contributed by atoms with Crippen LogP contribution < -0.4 is 5.32 Å². The topological polar surface area (TPSA) is 78.7 Å². The minimum absolute atomic E-state index is 0.0360. The number of nitrogens with one attached hydrogen (secondary N) is 1. The van der Waals surface area contributed by atoms with Crippen LogP contribution in [0.1, 0.15) is 29.6 Å². The zero-order chi connectivity index (χ0) is 17.1. The highest BCUT2D eigenvalue weighted by atomic mass is 16.3. The molecule has 3 rings (SSSR count). The average molecular weight is 330 g/mol. The van der Waals surface area contributed by atoms with Crippen LogP contribution in [0.15, 0.2) is 22.6 Å². The van der Waals surface area contributed by atoms with Crippen LogP contribution in [-0.4, -0.2) is 59.4 Å². The van der Waals surface area contributed by atoms with E-state index in [1.807, 2.05) is 6.92 Å². The lowest BCUT2D eigenvalue weighted by Gasteiger charge is -2.34. The van der Waals surface area contributed by atoms with E-state index in [-0.39, 0.29) is 11.9 Å². The maximum absolute atomic E-state index is 12.6. The molecule has 0 radical (unpaired) electrons. The van der Waals surface area contributed by atoms with Gasteiger partial charge in [0.25, 0.3) is 5.91 Å². The molecule has 1 saturated heterocycles. The smallest absolute Gasteiger partial charge is 0.317 e. The zero-order valence-corrected chi connectivity index (χ0v) is 14.0. The number of hydrogen-bond donors (Lipinski definition) is 1. The highest BCUT2D eigenvalue weighted by Gasteiger charge is 2.25. The van der Waals surface area contributed by atoms with E-state index < -0.39 is 0 Å². The standard InChI is InChI=1S/C17H22N4O3/c1-3-6-18-17(23)21-9-7-20(8-10-21)16(22)13-4-5-15-14(11-13)19-12(2)24-15/h4-5,11H,3,6-10H2,1-2H3,(H,18,23). The maximum atomic E-state index is 12.6. The number of fused-ring (bicyclic) bond motifs is 1. The van der Waals surface area contributed by atoms with Crippen molar-refractivity contribution in [3.05, 3.63) is 29.7 Å². The van der Waals surface area contributed by atoms with Crippen molar-refractivity contribution in [3.8, 4) is 0 Å². The molecule has 0 unspecified atom stereocenters. The van der Waals surface area contributed by atoms with E-state index in [9.17, 15) is 9.59 Å². The molecule has 7 nitrogen and oxygen atoms in total. The number of amides is 3. The van der Waals surface area contributed by atoms with E-state index in [0.717, 1.165) is 6.42 Å². The fourth-order valence-electron chi connectivity index (χ4n) is 2.81. The van der Waals surface area contributed by atoms with E-state index >= 15 is 0 Å². The predicted octanol–water partition coefficient (Wildman–Crippen LogP) is 2.01. The molecule has 2 heterocycles. The first-order valence-corrected chi connectivity index (χ1v) is 8.27. The van der Waals surface area contributed by atoms with Crippen LogP contribution in [0.4, 0.5) is 4.79 Å². The van der Waals surface area contributed by atoms with Gasteiger partial charge in [-0.25, -0.2) is 9.78 Å². The van der Waals surface area contributed by atoms with Gasteiger partial charge in [0.1, 0.15) is 5.52 Å². The number of aromatic nitrogens is 1. The Kier molecular flexibility index (Phi) is 4.69. The summed E-state index contributed by atoms with van der Waals surface area (Å²) in [4.78, 5) is 32.4. The molecule has 0 spiro atoms. The molecular weight excluding hydrogens is 308 g/mol. The number of rotatable bonds is 3. The van der Waals surface area contributed by atoms with Crippen molar-refractivity contribution < 1.29 is 14.0 Å². The molecule has 0 saturated carbocycles. The lowest BCUT2D eigenvalue weighted by atomic mass is 10.1. The molecule has 1 N–H and O–H groups in total. The third kappa shape index (κ3) is 3.34. The van der Waals surface area contributed by atoms with Crippen LogP contribution >= 0.6 is 0 Å². The van der Waals surface area contributed by atoms with Crippen molar-refractivity contribution in [2.75, 3.05) is 32.7 Å². The van der Waals surface area contributed by atoms with Gasteiger partial charge < -0.3 is 19.5 Å². The van der Waals surface area contributed by atoms with E-state index in [4.69, 9.17) is 4.42 Å². The molecule has 1 aliphatic rings. The number of carbonyl (C=O) groups excluding carboxylic acids is 2. The monoisotopic (exact) mass is 330 g/mol. The fourth-order valence-corrected chi connectivity index (χ4v) is 2.81. The summed E-state index contributed by atoms with van der Waals surface area (Å²) in [6.45, 7) is 6.64. The zero-order valence-electron chi connectivity index (χ0n) is 14.0. The van der Waals surface area contributed by atoms with Gasteiger partial charge in [0.2, 0.25) is 0 Å². The van der Waals surface area contributed by atoms with Crippen LogP contribution in [0.2, 0.25) is 0 Å². The summed E-state index contributed by atoms with van der Waals surface area (Å²) in [5, 5.41) is 2.87. The van der Waals surface area contributed by atoms with Crippen LogP contribution in [-0.2, 0) is 0 Å². The Hall–Kier alpha value is -2.57. The minimum Gasteiger partial charge on any atom is -0.441 e. The van der Waals surface area contributed by atoms with Gasteiger partial charge in [-0.3, -0.25) is 4.79 Å². The summed E-state index contributed by atoms with van der Waals surface area (Å²) in [5.41, 5.74) is 1.97. The van der Waals surface area contributed by atoms with Gasteiger partial charge in [-0.15, -0.1) is 0 Å². The largest absolute Gasteiger partial charge is 0.441 e. The number of piperazine rings is 1. The molecule has 3 amide bonds. The van der Waals surface area contributed by atoms with Crippen molar-refractivity contribution in [2.24, 2.45) is 0 Å². The number of oxazole rings is 1. The molecule has 128 valence electrons. The average Bonchev–Trinajstić information content (AvgIpc) is 2.98. The van der Waals surface area contributed by atoms with Gasteiger partial charge in [-0.2, -0.15) is 0 Å². The van der Waals surface area contributed by atoms with E-state index in [1.165, 1.54) is 0 Å². The Bertz CT molecular complexity index is 747. The molecule has 24 heavy (non-hydrogen) atoms. The lowest BCUT2D eigenvalue weighted by Crippen LogP contribution is -2.53. The molecule has 0 atom stereocenters. The third-order valence-electron chi connectivity index (χ3n) is 4.12. The third-order valence-corrected chi connectivity index (χ3v) is 4.12. The highest BCUT2D eigenvalue weighted by Crippen LogP contribution is 2.18. The second-order valence-electron chi connectivity index (χ2n) is 5.93. The van der Waals surface area contributed by atoms with Gasteiger partial charge >= 0.3 is 6.03 Å². The van der Waals surface area contributed by atoms with E-state index in [2.05, 4.69) is 10.3 Å². The normalized spacial score (nSPS) is 14.9. The molecule has 1 fully saturated rings. The van der Waals surface area contributed by atoms with Gasteiger partial charge in [0.05, 0.1) is 0 Å². The molecule has 2 aromatic rings. The highest BCUT2D eigenvalue weighted by molar-refractivity contribution is 5.97. The molecule has 1 aromatic heterocycles. The molecular formula is C17H22N4O3. The Labute approximate surface area is 140 Å². The Morgan fingerprint density at radius 3 is 2.62 bits per heavy atom. The van der Waals surface area contributed by atoms with Crippen molar-refractivity contribution in [1.82, 2.24) is 20.1 Å². The fraction of sp³-hybridized carbons (Fsp3) is 0.471. The summed E-state index contributed by atoms with van der Waals surface area (Å²) in [5.74, 6) is 0.549. The van der Waals surface area contributed by atoms with Crippen molar-refractivity contribution in [1.29, 1.82) is 0 Å². The summed E-state index contributed by atoms with van der Waals surface area (Å²) in [6, 6.07) is 5.24. The van der Waals surface area contributed by atoms with Crippen LogP contribution in [0.5, 0.6) is 0 Å². The number of hydrogen-bond acceptors (Lipinski definition) is 4. The van der Waals surface area contributed by atoms with Crippen molar-refractivity contribution in [3.63, 3.8) is 0 Å². The van der Waals surface area contributed by atoms with Crippen LogP contribution in [0.25, 0.3) is 11.1 Å². The van der Waals surface area contributed by atoms with Gasteiger partial charge in [0, 0.05) is 45.2 Å². The molecule has 1 aromatic carbocycles. The summed E-state index contributed by atoms with van der Waals surface area (Å²) >= 11 is 0. The summed E-state index contributed by atoms with van der Waals surface area (Å²) < 4.78 is 5.43. The molecule has 0 aliphatic carbocycles. The molecule has 1 aliphatic heterocycles. The second kappa shape index (κ2) is 6.90.